The SMILES string of the molecule is CCCNC1(CO)CCC(Oc2ccccc2OCC)C1. The predicted molar refractivity (Wildman–Crippen MR) is 84.0 cm³/mol. The summed E-state index contributed by atoms with van der Waals surface area (Å²) in [6.07, 6.45) is 3.94. The molecule has 0 aromatic heterocycles. The minimum Gasteiger partial charge on any atom is -0.490 e. The van der Waals surface area contributed by atoms with Gasteiger partial charge in [0.05, 0.1) is 13.2 Å². The fourth-order valence-electron chi connectivity index (χ4n) is 2.93. The van der Waals surface area contributed by atoms with Gasteiger partial charge in [-0.15, -0.1) is 0 Å². The van der Waals surface area contributed by atoms with Crippen LogP contribution in [0.1, 0.15) is 39.5 Å². The van der Waals surface area contributed by atoms with Gasteiger partial charge in [0.25, 0.3) is 0 Å². The molecule has 0 saturated heterocycles. The molecule has 0 heterocycles. The van der Waals surface area contributed by atoms with Crippen LogP contribution in [-0.4, -0.2) is 36.5 Å². The van der Waals surface area contributed by atoms with Crippen LogP contribution >= 0.6 is 0 Å². The molecule has 0 radical (unpaired) electrons. The normalized spacial score (nSPS) is 25.0. The maximum Gasteiger partial charge on any atom is 0.161 e. The molecule has 0 bridgehead atoms. The van der Waals surface area contributed by atoms with Crippen molar-refractivity contribution in [2.45, 2.75) is 51.2 Å². The standard InChI is InChI=1S/C17H27NO3/c1-3-11-18-17(13-19)10-9-14(12-17)21-16-8-6-5-7-15(16)20-4-2/h5-8,14,18-19H,3-4,9-13H2,1-2H3. The van der Waals surface area contributed by atoms with Crippen LogP contribution in [0.2, 0.25) is 0 Å². The zero-order valence-corrected chi connectivity index (χ0v) is 13.1. The summed E-state index contributed by atoms with van der Waals surface area (Å²) in [5.41, 5.74) is -0.179. The maximum absolute atomic E-state index is 9.72. The van der Waals surface area contributed by atoms with Crippen LogP contribution in [-0.2, 0) is 0 Å². The number of rotatable bonds is 8. The molecule has 118 valence electrons. The van der Waals surface area contributed by atoms with E-state index in [4.69, 9.17) is 9.47 Å². The van der Waals surface area contributed by atoms with Crippen LogP contribution in [0.15, 0.2) is 24.3 Å². The quantitative estimate of drug-likeness (QED) is 0.774. The van der Waals surface area contributed by atoms with Gasteiger partial charge in [0.2, 0.25) is 0 Å². The van der Waals surface area contributed by atoms with Crippen molar-refractivity contribution in [2.75, 3.05) is 19.8 Å². The number of aliphatic hydroxyl groups excluding tert-OH is 1. The Hall–Kier alpha value is -1.26. The molecule has 1 fully saturated rings. The molecule has 1 aromatic rings. The number of para-hydroxylation sites is 2. The van der Waals surface area contributed by atoms with E-state index in [2.05, 4.69) is 12.2 Å². The van der Waals surface area contributed by atoms with Gasteiger partial charge >= 0.3 is 0 Å². The Bertz CT molecular complexity index is 438. The van der Waals surface area contributed by atoms with Crippen molar-refractivity contribution in [2.24, 2.45) is 0 Å². The van der Waals surface area contributed by atoms with Gasteiger partial charge in [-0.05, 0) is 44.9 Å². The van der Waals surface area contributed by atoms with Crippen LogP contribution in [0.25, 0.3) is 0 Å². The summed E-state index contributed by atoms with van der Waals surface area (Å²) >= 11 is 0. The van der Waals surface area contributed by atoms with Gasteiger partial charge in [0, 0.05) is 12.0 Å². The highest BCUT2D eigenvalue weighted by atomic mass is 16.5. The molecule has 0 aliphatic heterocycles. The third-order valence-corrected chi connectivity index (χ3v) is 4.06. The number of hydrogen-bond donors (Lipinski definition) is 2. The molecule has 1 aliphatic carbocycles. The van der Waals surface area contributed by atoms with E-state index in [1.54, 1.807) is 0 Å². The van der Waals surface area contributed by atoms with E-state index in [0.29, 0.717) is 6.61 Å². The number of hydrogen-bond acceptors (Lipinski definition) is 4. The molecule has 2 unspecified atom stereocenters. The monoisotopic (exact) mass is 293 g/mol. The molecule has 0 spiro atoms. The second-order valence-electron chi connectivity index (χ2n) is 5.73. The van der Waals surface area contributed by atoms with Crippen molar-refractivity contribution in [1.82, 2.24) is 5.32 Å². The first-order valence-electron chi connectivity index (χ1n) is 7.97. The summed E-state index contributed by atoms with van der Waals surface area (Å²) < 4.78 is 11.7. The van der Waals surface area contributed by atoms with Gasteiger partial charge < -0.3 is 19.9 Å². The van der Waals surface area contributed by atoms with Crippen LogP contribution in [0.5, 0.6) is 11.5 Å². The molecular weight excluding hydrogens is 266 g/mol. The molecule has 4 nitrogen and oxygen atoms in total. The number of benzene rings is 1. The Balaban J connectivity index is 1.98. The number of nitrogens with one attached hydrogen (secondary N) is 1. The van der Waals surface area contributed by atoms with Gasteiger partial charge in [-0.3, -0.25) is 0 Å². The Morgan fingerprint density at radius 2 is 2.05 bits per heavy atom. The number of ether oxygens (including phenoxy) is 2. The lowest BCUT2D eigenvalue weighted by molar-refractivity contribution is 0.138. The van der Waals surface area contributed by atoms with Crippen molar-refractivity contribution in [3.8, 4) is 11.5 Å². The van der Waals surface area contributed by atoms with E-state index < -0.39 is 0 Å². The van der Waals surface area contributed by atoms with Gasteiger partial charge in [0.15, 0.2) is 11.5 Å². The Labute approximate surface area is 127 Å². The van der Waals surface area contributed by atoms with Crippen molar-refractivity contribution in [3.05, 3.63) is 24.3 Å². The summed E-state index contributed by atoms with van der Waals surface area (Å²) in [7, 11) is 0. The van der Waals surface area contributed by atoms with Crippen LogP contribution in [0.3, 0.4) is 0 Å². The van der Waals surface area contributed by atoms with E-state index in [-0.39, 0.29) is 18.2 Å². The summed E-state index contributed by atoms with van der Waals surface area (Å²) in [6.45, 7) is 5.84. The lowest BCUT2D eigenvalue weighted by Gasteiger charge is -2.28. The zero-order valence-electron chi connectivity index (χ0n) is 13.1. The molecule has 0 amide bonds. The first kappa shape index (κ1) is 16.1. The molecule has 1 saturated carbocycles. The predicted octanol–water partition coefficient (Wildman–Crippen LogP) is 2.75. The molecule has 1 aromatic carbocycles. The van der Waals surface area contributed by atoms with E-state index in [1.807, 2.05) is 31.2 Å². The molecule has 21 heavy (non-hydrogen) atoms. The lowest BCUT2D eigenvalue weighted by atomic mass is 9.98. The summed E-state index contributed by atoms with van der Waals surface area (Å²) in [5.74, 6) is 1.59. The van der Waals surface area contributed by atoms with Gasteiger partial charge in [-0.25, -0.2) is 0 Å². The smallest absolute Gasteiger partial charge is 0.161 e. The maximum atomic E-state index is 9.72. The van der Waals surface area contributed by atoms with Crippen molar-refractivity contribution in [3.63, 3.8) is 0 Å². The Kier molecular flexibility index (Phi) is 5.88. The minimum atomic E-state index is -0.179. The van der Waals surface area contributed by atoms with Crippen molar-refractivity contribution in [1.29, 1.82) is 0 Å². The third-order valence-electron chi connectivity index (χ3n) is 4.06. The summed E-state index contributed by atoms with van der Waals surface area (Å²) in [5, 5.41) is 13.2. The lowest BCUT2D eigenvalue weighted by Crippen LogP contribution is -2.47. The van der Waals surface area contributed by atoms with Crippen molar-refractivity contribution < 1.29 is 14.6 Å². The minimum absolute atomic E-state index is 0.128. The molecule has 1 aliphatic rings. The second kappa shape index (κ2) is 7.66. The van der Waals surface area contributed by atoms with Gasteiger partial charge in [-0.1, -0.05) is 19.1 Å². The van der Waals surface area contributed by atoms with Crippen molar-refractivity contribution >= 4 is 0 Å². The first-order chi connectivity index (χ1) is 10.2. The Morgan fingerprint density at radius 3 is 2.71 bits per heavy atom. The van der Waals surface area contributed by atoms with E-state index in [0.717, 1.165) is 43.7 Å². The van der Waals surface area contributed by atoms with Crippen LogP contribution in [0.4, 0.5) is 0 Å². The van der Waals surface area contributed by atoms with E-state index in [1.165, 1.54) is 0 Å². The highest BCUT2D eigenvalue weighted by Gasteiger charge is 2.39. The zero-order chi connectivity index (χ0) is 15.1. The number of aliphatic hydroxyl groups is 1. The Morgan fingerprint density at radius 1 is 1.29 bits per heavy atom. The summed E-state index contributed by atoms with van der Waals surface area (Å²) in [4.78, 5) is 0. The van der Waals surface area contributed by atoms with E-state index >= 15 is 0 Å². The first-order valence-corrected chi connectivity index (χ1v) is 7.97. The second-order valence-corrected chi connectivity index (χ2v) is 5.73. The topological polar surface area (TPSA) is 50.7 Å². The van der Waals surface area contributed by atoms with Gasteiger partial charge in [-0.2, -0.15) is 0 Å². The fourth-order valence-corrected chi connectivity index (χ4v) is 2.93. The molecule has 2 N–H and O–H groups in total. The van der Waals surface area contributed by atoms with Gasteiger partial charge in [0.1, 0.15) is 6.10 Å². The third kappa shape index (κ3) is 4.11. The molecule has 2 rings (SSSR count). The average molecular weight is 293 g/mol. The fraction of sp³-hybridized carbons (Fsp3) is 0.647. The average Bonchev–Trinajstić information content (AvgIpc) is 2.91. The molecular formula is C17H27NO3. The van der Waals surface area contributed by atoms with E-state index in [9.17, 15) is 5.11 Å². The molecule has 2 atom stereocenters. The highest BCUT2D eigenvalue weighted by molar-refractivity contribution is 5.39. The highest BCUT2D eigenvalue weighted by Crippen LogP contribution is 2.35. The van der Waals surface area contributed by atoms with Crippen LogP contribution < -0.4 is 14.8 Å². The largest absolute Gasteiger partial charge is 0.490 e. The van der Waals surface area contributed by atoms with Crippen LogP contribution in [0, 0.1) is 0 Å². The molecule has 4 heteroatoms. The summed E-state index contributed by atoms with van der Waals surface area (Å²) in [6, 6.07) is 7.79.